The second kappa shape index (κ2) is 10.3. The highest BCUT2D eigenvalue weighted by atomic mass is 32.2. The minimum Gasteiger partial charge on any atom is -0.496 e. The summed E-state index contributed by atoms with van der Waals surface area (Å²) in [6.07, 6.45) is 0. The molecule has 0 bridgehead atoms. The van der Waals surface area contributed by atoms with Crippen LogP contribution >= 0.6 is 11.3 Å². The van der Waals surface area contributed by atoms with Crippen LogP contribution in [0.5, 0.6) is 17.2 Å². The summed E-state index contributed by atoms with van der Waals surface area (Å²) in [7, 11) is 1.20. The number of piperazine rings is 1. The molecule has 1 saturated heterocycles. The number of nitrogens with zero attached hydrogens (tertiary/aromatic N) is 2. The van der Waals surface area contributed by atoms with Gasteiger partial charge in [0, 0.05) is 44.4 Å². The normalized spacial score (nSPS) is 15.5. The van der Waals surface area contributed by atoms with E-state index < -0.39 is 10.0 Å². The maximum atomic E-state index is 12.6. The molecule has 0 radical (unpaired) electrons. The Hall–Kier alpha value is -2.34. The molecule has 0 aliphatic carbocycles. The standard InChI is InChI=1S/C20H27N3O6S2/c1-27-16-12-18(29-3)17(28-2)11-15(16)13-21-19(24)14-22-6-8-23(9-7-22)31(25,26)20-5-4-10-30-20/h4-5,10-12H,6-9,13-14H2,1-3H3,(H,21,24). The lowest BCUT2D eigenvalue weighted by Crippen LogP contribution is -2.50. The maximum Gasteiger partial charge on any atom is 0.252 e. The maximum absolute atomic E-state index is 12.6. The largest absolute Gasteiger partial charge is 0.496 e. The van der Waals surface area contributed by atoms with Gasteiger partial charge < -0.3 is 19.5 Å². The van der Waals surface area contributed by atoms with Gasteiger partial charge in [0.1, 0.15) is 9.96 Å². The van der Waals surface area contributed by atoms with E-state index in [1.807, 2.05) is 4.90 Å². The lowest BCUT2D eigenvalue weighted by atomic mass is 10.1. The lowest BCUT2D eigenvalue weighted by Gasteiger charge is -2.33. The number of thiophene rings is 1. The van der Waals surface area contributed by atoms with Crippen molar-refractivity contribution in [3.63, 3.8) is 0 Å². The van der Waals surface area contributed by atoms with Gasteiger partial charge >= 0.3 is 0 Å². The van der Waals surface area contributed by atoms with Crippen LogP contribution in [0.3, 0.4) is 0 Å². The van der Waals surface area contributed by atoms with E-state index in [0.29, 0.717) is 47.6 Å². The van der Waals surface area contributed by atoms with Crippen molar-refractivity contribution in [2.75, 3.05) is 54.1 Å². The number of benzene rings is 1. The molecule has 1 aliphatic rings. The van der Waals surface area contributed by atoms with Crippen LogP contribution in [0.2, 0.25) is 0 Å². The van der Waals surface area contributed by atoms with Gasteiger partial charge in [-0.2, -0.15) is 4.31 Å². The summed E-state index contributed by atoms with van der Waals surface area (Å²) in [5.41, 5.74) is 0.764. The zero-order chi connectivity index (χ0) is 22.4. The van der Waals surface area contributed by atoms with Gasteiger partial charge in [-0.3, -0.25) is 9.69 Å². The van der Waals surface area contributed by atoms with Crippen molar-refractivity contribution in [1.29, 1.82) is 0 Å². The SMILES string of the molecule is COc1cc(OC)c(OC)cc1CNC(=O)CN1CCN(S(=O)(=O)c2cccs2)CC1. The van der Waals surface area contributed by atoms with Crippen LogP contribution in [0, 0.1) is 0 Å². The van der Waals surface area contributed by atoms with Crippen LogP contribution < -0.4 is 19.5 Å². The molecule has 0 unspecified atom stereocenters. The van der Waals surface area contributed by atoms with E-state index in [0.717, 1.165) is 5.56 Å². The van der Waals surface area contributed by atoms with E-state index in [1.54, 1.807) is 51.0 Å². The predicted molar refractivity (Wildman–Crippen MR) is 117 cm³/mol. The van der Waals surface area contributed by atoms with Gasteiger partial charge in [-0.15, -0.1) is 11.3 Å². The van der Waals surface area contributed by atoms with Crippen LogP contribution in [0.4, 0.5) is 0 Å². The van der Waals surface area contributed by atoms with Gasteiger partial charge in [0.25, 0.3) is 10.0 Å². The molecule has 0 spiro atoms. The van der Waals surface area contributed by atoms with Crippen molar-refractivity contribution >= 4 is 27.3 Å². The molecule has 0 saturated carbocycles. The van der Waals surface area contributed by atoms with E-state index in [2.05, 4.69) is 5.32 Å². The number of hydrogen-bond donors (Lipinski definition) is 1. The zero-order valence-electron chi connectivity index (χ0n) is 17.8. The third kappa shape index (κ3) is 5.48. The molecule has 31 heavy (non-hydrogen) atoms. The second-order valence-electron chi connectivity index (χ2n) is 6.91. The number of ether oxygens (including phenoxy) is 3. The summed E-state index contributed by atoms with van der Waals surface area (Å²) in [5.74, 6) is 1.54. The molecule has 2 heterocycles. The Morgan fingerprint density at radius 3 is 2.26 bits per heavy atom. The Labute approximate surface area is 186 Å². The lowest BCUT2D eigenvalue weighted by molar-refractivity contribution is -0.122. The molecule has 1 fully saturated rings. The average Bonchev–Trinajstić information content (AvgIpc) is 3.33. The number of nitrogens with one attached hydrogen (secondary N) is 1. The average molecular weight is 470 g/mol. The monoisotopic (exact) mass is 469 g/mol. The Balaban J connectivity index is 1.52. The van der Waals surface area contributed by atoms with Gasteiger partial charge in [0.2, 0.25) is 5.91 Å². The molecule has 1 aliphatic heterocycles. The van der Waals surface area contributed by atoms with Crippen LogP contribution in [-0.4, -0.2) is 77.6 Å². The summed E-state index contributed by atoms with van der Waals surface area (Å²) < 4.78 is 43.0. The highest BCUT2D eigenvalue weighted by Crippen LogP contribution is 2.34. The number of methoxy groups -OCH3 is 3. The molecule has 9 nitrogen and oxygen atoms in total. The fourth-order valence-corrected chi connectivity index (χ4v) is 5.92. The fraction of sp³-hybridized carbons (Fsp3) is 0.450. The minimum absolute atomic E-state index is 0.147. The third-order valence-corrected chi connectivity index (χ3v) is 8.32. The van der Waals surface area contributed by atoms with Gasteiger partial charge in [0.15, 0.2) is 11.5 Å². The van der Waals surface area contributed by atoms with E-state index in [-0.39, 0.29) is 19.0 Å². The first kappa shape index (κ1) is 23.3. The summed E-state index contributed by atoms with van der Waals surface area (Å²) in [4.78, 5) is 14.4. The van der Waals surface area contributed by atoms with Crippen molar-refractivity contribution in [2.45, 2.75) is 10.8 Å². The first-order valence-electron chi connectivity index (χ1n) is 9.70. The first-order valence-corrected chi connectivity index (χ1v) is 12.0. The Morgan fingerprint density at radius 1 is 1.03 bits per heavy atom. The fourth-order valence-electron chi connectivity index (χ4n) is 3.35. The third-order valence-electron chi connectivity index (χ3n) is 5.05. The van der Waals surface area contributed by atoms with E-state index >= 15 is 0 Å². The number of amides is 1. The number of hydrogen-bond acceptors (Lipinski definition) is 8. The van der Waals surface area contributed by atoms with Gasteiger partial charge in [-0.25, -0.2) is 8.42 Å². The molecule has 11 heteroatoms. The predicted octanol–water partition coefficient (Wildman–Crippen LogP) is 1.40. The van der Waals surface area contributed by atoms with E-state index in [4.69, 9.17) is 14.2 Å². The van der Waals surface area contributed by atoms with Crippen LogP contribution in [0.15, 0.2) is 33.9 Å². The van der Waals surface area contributed by atoms with E-state index in [9.17, 15) is 13.2 Å². The minimum atomic E-state index is -3.45. The number of carbonyl (C=O) groups is 1. The van der Waals surface area contributed by atoms with Gasteiger partial charge in [0.05, 0.1) is 27.9 Å². The molecular formula is C20H27N3O6S2. The Morgan fingerprint density at radius 2 is 1.68 bits per heavy atom. The van der Waals surface area contributed by atoms with Crippen molar-refractivity contribution in [3.8, 4) is 17.2 Å². The molecule has 1 amide bonds. The number of rotatable bonds is 9. The molecule has 3 rings (SSSR count). The second-order valence-corrected chi connectivity index (χ2v) is 10.0. The van der Waals surface area contributed by atoms with Crippen LogP contribution in [0.1, 0.15) is 5.56 Å². The highest BCUT2D eigenvalue weighted by Gasteiger charge is 2.29. The molecular weight excluding hydrogens is 442 g/mol. The zero-order valence-corrected chi connectivity index (χ0v) is 19.4. The molecule has 1 aromatic heterocycles. The summed E-state index contributed by atoms with van der Waals surface area (Å²) >= 11 is 1.21. The number of sulfonamides is 1. The molecule has 1 aromatic carbocycles. The summed E-state index contributed by atoms with van der Waals surface area (Å²) in [5, 5.41) is 4.64. The first-order chi connectivity index (χ1) is 14.9. The van der Waals surface area contributed by atoms with Crippen molar-refractivity contribution in [3.05, 3.63) is 35.2 Å². The molecule has 1 N–H and O–H groups in total. The highest BCUT2D eigenvalue weighted by molar-refractivity contribution is 7.91. The summed E-state index contributed by atoms with van der Waals surface area (Å²) in [6, 6.07) is 6.83. The van der Waals surface area contributed by atoms with Crippen molar-refractivity contribution in [1.82, 2.24) is 14.5 Å². The Kier molecular flexibility index (Phi) is 7.76. The van der Waals surface area contributed by atoms with Gasteiger partial charge in [-0.1, -0.05) is 6.07 Å². The topological polar surface area (TPSA) is 97.4 Å². The molecule has 170 valence electrons. The number of carbonyl (C=O) groups excluding carboxylic acids is 1. The van der Waals surface area contributed by atoms with Crippen LogP contribution in [-0.2, 0) is 21.4 Å². The van der Waals surface area contributed by atoms with Gasteiger partial charge in [-0.05, 0) is 17.5 Å². The van der Waals surface area contributed by atoms with Crippen LogP contribution in [0.25, 0.3) is 0 Å². The summed E-state index contributed by atoms with van der Waals surface area (Å²) in [6.45, 7) is 2.18. The molecule has 2 aromatic rings. The Bertz CT molecular complexity index is 987. The molecule has 0 atom stereocenters. The quantitative estimate of drug-likeness (QED) is 0.593. The van der Waals surface area contributed by atoms with Crippen molar-refractivity contribution in [2.24, 2.45) is 0 Å². The van der Waals surface area contributed by atoms with E-state index in [1.165, 1.54) is 15.6 Å². The van der Waals surface area contributed by atoms with Crippen molar-refractivity contribution < 1.29 is 27.4 Å². The smallest absolute Gasteiger partial charge is 0.252 e.